The molecule has 2 amide bonds. The molecule has 1 aromatic heterocycles. The number of carboxylic acids is 1. The molecule has 282 valence electrons. The van der Waals surface area contributed by atoms with Crippen molar-refractivity contribution in [1.82, 2.24) is 20.2 Å². The summed E-state index contributed by atoms with van der Waals surface area (Å²) >= 11 is 0. The van der Waals surface area contributed by atoms with Gasteiger partial charge in [0.15, 0.2) is 5.82 Å². The SMILES string of the molecule is CCC(CC)N1CC(=O)N(C)c2cnc(Nc3ccc(C(=O)NCCOCCOCCOCCOCCN(C)C/C=C/C(=O)O)cc3OC)nc21. The zero-order chi connectivity index (χ0) is 37.0. The van der Waals surface area contributed by atoms with Crippen LogP contribution in [0.4, 0.5) is 23.1 Å². The Bertz CT molecular complexity index is 1420. The summed E-state index contributed by atoms with van der Waals surface area (Å²) < 4.78 is 27.6. The number of hydrogen-bond donors (Lipinski definition) is 3. The van der Waals surface area contributed by atoms with Crippen LogP contribution in [-0.2, 0) is 28.5 Å². The third-order valence-corrected chi connectivity index (χ3v) is 8.10. The number of methoxy groups -OCH3 is 1. The Balaban J connectivity index is 1.31. The molecule has 0 atom stereocenters. The summed E-state index contributed by atoms with van der Waals surface area (Å²) in [6.07, 6.45) is 6.12. The number of anilines is 4. The molecule has 1 aliphatic rings. The van der Waals surface area contributed by atoms with Crippen molar-refractivity contribution in [2.24, 2.45) is 0 Å². The Morgan fingerprint density at radius 3 is 2.29 bits per heavy atom. The van der Waals surface area contributed by atoms with Crippen LogP contribution in [0.15, 0.2) is 36.5 Å². The maximum absolute atomic E-state index is 12.8. The number of nitrogens with zero attached hydrogens (tertiary/aromatic N) is 5. The van der Waals surface area contributed by atoms with E-state index >= 15 is 0 Å². The number of hydrogen-bond acceptors (Lipinski definition) is 13. The van der Waals surface area contributed by atoms with E-state index in [1.54, 1.807) is 42.4 Å². The monoisotopic (exact) mass is 715 g/mol. The van der Waals surface area contributed by atoms with Crippen LogP contribution in [0.5, 0.6) is 5.75 Å². The molecular formula is C35H53N7O9. The molecule has 16 nitrogen and oxygen atoms in total. The molecule has 1 aliphatic heterocycles. The molecule has 2 aromatic rings. The Morgan fingerprint density at radius 2 is 1.67 bits per heavy atom. The summed E-state index contributed by atoms with van der Waals surface area (Å²) in [6.45, 7) is 9.44. The lowest BCUT2D eigenvalue weighted by Gasteiger charge is -2.38. The van der Waals surface area contributed by atoms with Crippen molar-refractivity contribution in [2.45, 2.75) is 32.7 Å². The average Bonchev–Trinajstić information content (AvgIpc) is 3.12. The maximum atomic E-state index is 12.8. The summed E-state index contributed by atoms with van der Waals surface area (Å²) in [5.41, 5.74) is 1.68. The van der Waals surface area contributed by atoms with Gasteiger partial charge in [-0.15, -0.1) is 0 Å². The van der Waals surface area contributed by atoms with Crippen molar-refractivity contribution >= 4 is 40.9 Å². The number of ether oxygens (including phenoxy) is 5. The molecular weight excluding hydrogens is 662 g/mol. The van der Waals surface area contributed by atoms with Gasteiger partial charge in [0.05, 0.1) is 78.4 Å². The van der Waals surface area contributed by atoms with Crippen LogP contribution in [0.25, 0.3) is 0 Å². The smallest absolute Gasteiger partial charge is 0.328 e. The Labute approximate surface area is 300 Å². The molecule has 0 fully saturated rings. The van der Waals surface area contributed by atoms with E-state index in [0.717, 1.165) is 18.9 Å². The predicted octanol–water partition coefficient (Wildman–Crippen LogP) is 2.57. The lowest BCUT2D eigenvalue weighted by molar-refractivity contribution is -0.131. The minimum atomic E-state index is -0.955. The van der Waals surface area contributed by atoms with Gasteiger partial charge in [0.25, 0.3) is 5.91 Å². The number of amides is 2. The molecule has 0 spiro atoms. The topological polar surface area (TPSA) is 177 Å². The van der Waals surface area contributed by atoms with Crippen LogP contribution in [0.3, 0.4) is 0 Å². The number of fused-ring (bicyclic) bond motifs is 1. The second-order valence-electron chi connectivity index (χ2n) is 11.7. The highest BCUT2D eigenvalue weighted by molar-refractivity contribution is 6.02. The number of carbonyl (C=O) groups is 3. The van der Waals surface area contributed by atoms with Gasteiger partial charge in [-0.3, -0.25) is 9.59 Å². The number of carboxylic acid groups (broad SMARTS) is 1. The second-order valence-corrected chi connectivity index (χ2v) is 11.7. The van der Waals surface area contributed by atoms with Gasteiger partial charge >= 0.3 is 5.97 Å². The maximum Gasteiger partial charge on any atom is 0.328 e. The first kappa shape index (κ1) is 41.1. The molecule has 0 unspecified atom stereocenters. The van der Waals surface area contributed by atoms with Gasteiger partial charge in [-0.25, -0.2) is 9.78 Å². The van der Waals surface area contributed by atoms with Crippen LogP contribution in [0, 0.1) is 0 Å². The number of benzene rings is 1. The van der Waals surface area contributed by atoms with Gasteiger partial charge in [-0.05, 0) is 38.1 Å². The number of likely N-dealkylation sites (N-methyl/N-ethyl adjacent to an activating group) is 2. The molecule has 0 saturated heterocycles. The Kier molecular flexibility index (Phi) is 18.1. The van der Waals surface area contributed by atoms with E-state index in [1.807, 2.05) is 16.8 Å². The molecule has 0 aliphatic carbocycles. The van der Waals surface area contributed by atoms with E-state index in [1.165, 1.54) is 7.11 Å². The van der Waals surface area contributed by atoms with E-state index in [9.17, 15) is 14.4 Å². The highest BCUT2D eigenvalue weighted by Gasteiger charge is 2.32. The largest absolute Gasteiger partial charge is 0.495 e. The number of carbonyl (C=O) groups excluding carboxylic acids is 2. The first-order valence-electron chi connectivity index (χ1n) is 17.2. The van der Waals surface area contributed by atoms with Gasteiger partial charge in [0.2, 0.25) is 11.9 Å². The normalized spacial score (nSPS) is 13.0. The zero-order valence-electron chi connectivity index (χ0n) is 30.4. The highest BCUT2D eigenvalue weighted by atomic mass is 16.6. The standard InChI is InChI=1S/C35H53N7O9/c1-6-27(7-2)42-25-31(43)41(4)29-24-37-35(39-33(29)42)38-28-11-10-26(23-30(28)47-5)34(46)36-12-15-48-17-19-50-21-22-51-20-18-49-16-14-40(3)13-8-9-32(44)45/h8-11,23-24,27H,6-7,12-22,25H2,1-5H3,(H,36,46)(H,44,45)(H,37,38,39)/b9-8+. The number of rotatable bonds is 25. The fourth-order valence-electron chi connectivity index (χ4n) is 5.17. The molecule has 16 heteroatoms. The van der Waals surface area contributed by atoms with Gasteiger partial charge in [0, 0.05) is 44.4 Å². The second kappa shape index (κ2) is 22.5. The van der Waals surface area contributed by atoms with Crippen LogP contribution >= 0.6 is 0 Å². The molecule has 2 heterocycles. The summed E-state index contributed by atoms with van der Waals surface area (Å²) in [4.78, 5) is 50.7. The van der Waals surface area contributed by atoms with Crippen LogP contribution in [0.2, 0.25) is 0 Å². The van der Waals surface area contributed by atoms with Gasteiger partial charge < -0.3 is 54.1 Å². The minimum Gasteiger partial charge on any atom is -0.495 e. The number of aromatic nitrogens is 2. The fraction of sp³-hybridized carbons (Fsp3) is 0.571. The van der Waals surface area contributed by atoms with E-state index in [0.29, 0.717) is 107 Å². The Hall–Kier alpha value is -4.35. The summed E-state index contributed by atoms with van der Waals surface area (Å²) in [5.74, 6) is 0.273. The highest BCUT2D eigenvalue weighted by Crippen LogP contribution is 2.35. The molecule has 0 radical (unpaired) electrons. The van der Waals surface area contributed by atoms with Crippen molar-refractivity contribution in [1.29, 1.82) is 0 Å². The molecule has 0 saturated carbocycles. The van der Waals surface area contributed by atoms with Gasteiger partial charge in [-0.2, -0.15) is 4.98 Å². The molecule has 1 aromatic carbocycles. The Morgan fingerprint density at radius 1 is 1.02 bits per heavy atom. The van der Waals surface area contributed by atoms with Crippen LogP contribution in [-0.4, -0.2) is 144 Å². The molecule has 51 heavy (non-hydrogen) atoms. The predicted molar refractivity (Wildman–Crippen MR) is 193 cm³/mol. The lowest BCUT2D eigenvalue weighted by Crippen LogP contribution is -2.48. The van der Waals surface area contributed by atoms with Crippen molar-refractivity contribution in [3.63, 3.8) is 0 Å². The van der Waals surface area contributed by atoms with Crippen molar-refractivity contribution in [3.8, 4) is 5.75 Å². The van der Waals surface area contributed by atoms with E-state index in [-0.39, 0.29) is 24.4 Å². The molecule has 3 rings (SSSR count). The molecule has 3 N–H and O–H groups in total. The quantitative estimate of drug-likeness (QED) is 0.101. The summed E-state index contributed by atoms with van der Waals surface area (Å²) in [7, 11) is 5.15. The van der Waals surface area contributed by atoms with Gasteiger partial charge in [-0.1, -0.05) is 19.9 Å². The first-order chi connectivity index (χ1) is 24.7. The third-order valence-electron chi connectivity index (χ3n) is 8.10. The van der Waals surface area contributed by atoms with Crippen LogP contribution < -0.4 is 25.2 Å². The first-order valence-corrected chi connectivity index (χ1v) is 17.2. The summed E-state index contributed by atoms with van der Waals surface area (Å²) in [6, 6.07) is 5.24. The van der Waals surface area contributed by atoms with E-state index in [2.05, 4.69) is 29.5 Å². The van der Waals surface area contributed by atoms with Crippen molar-refractivity contribution in [2.75, 3.05) is 115 Å². The lowest BCUT2D eigenvalue weighted by atomic mass is 10.1. The zero-order valence-corrected chi connectivity index (χ0v) is 30.4. The van der Waals surface area contributed by atoms with Crippen molar-refractivity contribution in [3.05, 3.63) is 42.1 Å². The van der Waals surface area contributed by atoms with E-state index in [4.69, 9.17) is 33.8 Å². The third kappa shape index (κ3) is 13.7. The molecule has 0 bridgehead atoms. The fourth-order valence-corrected chi connectivity index (χ4v) is 5.17. The van der Waals surface area contributed by atoms with Crippen molar-refractivity contribution < 1.29 is 43.2 Å². The average molecular weight is 716 g/mol. The summed E-state index contributed by atoms with van der Waals surface area (Å²) in [5, 5.41) is 14.6. The van der Waals surface area contributed by atoms with Crippen LogP contribution in [0.1, 0.15) is 37.0 Å². The minimum absolute atomic E-state index is 0.00425. The van der Waals surface area contributed by atoms with E-state index < -0.39 is 5.97 Å². The number of nitrogens with one attached hydrogen (secondary N) is 2. The van der Waals surface area contributed by atoms with Gasteiger partial charge in [0.1, 0.15) is 11.4 Å². The number of aliphatic carboxylic acids is 1.